The number of imidazole rings is 1. The number of nitrogens with two attached hydrogens (primary N) is 1. The van der Waals surface area contributed by atoms with Gasteiger partial charge in [-0.1, -0.05) is 0 Å². The largest absolute Gasteiger partial charge is 0.335 e. The summed E-state index contributed by atoms with van der Waals surface area (Å²) < 4.78 is 15.1. The molecule has 1 aromatic heterocycles. The number of anilines is 1. The van der Waals surface area contributed by atoms with Crippen LogP contribution in [-0.4, -0.2) is 22.0 Å². The van der Waals surface area contributed by atoms with Crippen molar-refractivity contribution < 1.29 is 9.18 Å². The number of hydrogen-bond acceptors (Lipinski definition) is 3. The van der Waals surface area contributed by atoms with E-state index in [0.717, 1.165) is 0 Å². The van der Waals surface area contributed by atoms with Crippen molar-refractivity contribution >= 4 is 27.5 Å². The monoisotopic (exact) mass is 326 g/mol. The highest BCUT2D eigenvalue weighted by molar-refractivity contribution is 9.10. The van der Waals surface area contributed by atoms with Gasteiger partial charge in [0.25, 0.3) is 5.91 Å². The molecule has 0 radical (unpaired) electrons. The number of benzene rings is 1. The predicted octanol–water partition coefficient (Wildman–Crippen LogP) is 2.00. The van der Waals surface area contributed by atoms with Gasteiger partial charge in [0.1, 0.15) is 11.5 Å². The predicted molar refractivity (Wildman–Crippen MR) is 73.3 cm³/mol. The van der Waals surface area contributed by atoms with Crippen LogP contribution < -0.4 is 11.1 Å². The molecule has 0 saturated carbocycles. The molecular formula is C12H12BrFN4O. The number of halogens is 2. The smallest absolute Gasteiger partial charge is 0.275 e. The van der Waals surface area contributed by atoms with Gasteiger partial charge in [-0.05, 0) is 34.1 Å². The lowest BCUT2D eigenvalue weighted by atomic mass is 10.3. The summed E-state index contributed by atoms with van der Waals surface area (Å²) in [5.74, 6) is -0.736. The first-order valence-corrected chi connectivity index (χ1v) is 6.37. The van der Waals surface area contributed by atoms with E-state index in [9.17, 15) is 9.18 Å². The van der Waals surface area contributed by atoms with Crippen molar-refractivity contribution in [3.05, 3.63) is 46.7 Å². The quantitative estimate of drug-likeness (QED) is 0.902. The fourth-order valence-electron chi connectivity index (χ4n) is 1.53. The number of amides is 1. The minimum Gasteiger partial charge on any atom is -0.335 e. The number of aromatic nitrogens is 2. The lowest BCUT2D eigenvalue weighted by Crippen LogP contribution is -2.13. The highest BCUT2D eigenvalue weighted by Gasteiger charge is 2.11. The minimum absolute atomic E-state index is 0.282. The van der Waals surface area contributed by atoms with Crippen molar-refractivity contribution in [1.29, 1.82) is 0 Å². The van der Waals surface area contributed by atoms with Crippen molar-refractivity contribution in [2.24, 2.45) is 5.73 Å². The average Bonchev–Trinajstić information content (AvgIpc) is 2.82. The molecule has 2 rings (SSSR count). The third-order valence-corrected chi connectivity index (χ3v) is 3.09. The summed E-state index contributed by atoms with van der Waals surface area (Å²) >= 11 is 3.18. The Kier molecular flexibility index (Phi) is 4.28. The van der Waals surface area contributed by atoms with Crippen LogP contribution in [0.5, 0.6) is 0 Å². The maximum absolute atomic E-state index is 12.9. The number of hydrogen-bond donors (Lipinski definition) is 2. The molecule has 0 saturated heterocycles. The van der Waals surface area contributed by atoms with Crippen molar-refractivity contribution in [3.8, 4) is 0 Å². The minimum atomic E-state index is -0.378. The summed E-state index contributed by atoms with van der Waals surface area (Å²) in [6, 6.07) is 4.03. The molecule has 0 aliphatic heterocycles. The van der Waals surface area contributed by atoms with Gasteiger partial charge >= 0.3 is 0 Å². The van der Waals surface area contributed by atoms with E-state index < -0.39 is 0 Å². The Morgan fingerprint density at radius 1 is 1.53 bits per heavy atom. The van der Waals surface area contributed by atoms with Crippen LogP contribution >= 0.6 is 15.9 Å². The van der Waals surface area contributed by atoms with Gasteiger partial charge in [0.15, 0.2) is 0 Å². The molecular weight excluding hydrogens is 315 g/mol. The van der Waals surface area contributed by atoms with Gasteiger partial charge < -0.3 is 15.6 Å². The van der Waals surface area contributed by atoms with E-state index in [1.807, 2.05) is 0 Å². The Bertz CT molecular complexity index is 599. The molecule has 0 unspecified atom stereocenters. The molecule has 5 nitrogen and oxygen atoms in total. The van der Waals surface area contributed by atoms with Crippen molar-refractivity contribution in [1.82, 2.24) is 9.55 Å². The summed E-state index contributed by atoms with van der Waals surface area (Å²) in [5, 5.41) is 2.65. The maximum atomic E-state index is 12.9. The normalized spacial score (nSPS) is 10.5. The van der Waals surface area contributed by atoms with Crippen LogP contribution in [0.4, 0.5) is 10.1 Å². The highest BCUT2D eigenvalue weighted by Crippen LogP contribution is 2.23. The average molecular weight is 327 g/mol. The van der Waals surface area contributed by atoms with E-state index >= 15 is 0 Å². The van der Waals surface area contributed by atoms with E-state index in [4.69, 9.17) is 5.73 Å². The van der Waals surface area contributed by atoms with E-state index in [2.05, 4.69) is 26.2 Å². The van der Waals surface area contributed by atoms with Crippen LogP contribution in [0.2, 0.25) is 0 Å². The Labute approximate surface area is 117 Å². The number of rotatable bonds is 4. The van der Waals surface area contributed by atoms with Crippen LogP contribution in [0.25, 0.3) is 0 Å². The Balaban J connectivity index is 2.11. The molecule has 0 aliphatic rings. The van der Waals surface area contributed by atoms with Gasteiger partial charge in [0.05, 0.1) is 12.0 Å². The molecule has 0 bridgehead atoms. The third kappa shape index (κ3) is 3.39. The number of carbonyl (C=O) groups excluding carboxylic acids is 1. The first kappa shape index (κ1) is 13.7. The van der Waals surface area contributed by atoms with Crippen LogP contribution in [0.3, 0.4) is 0 Å². The van der Waals surface area contributed by atoms with E-state index in [0.29, 0.717) is 23.2 Å². The lowest BCUT2D eigenvalue weighted by Gasteiger charge is -2.05. The third-order valence-electron chi connectivity index (χ3n) is 2.43. The van der Waals surface area contributed by atoms with Gasteiger partial charge in [-0.2, -0.15) is 0 Å². The van der Waals surface area contributed by atoms with Gasteiger partial charge in [0.2, 0.25) is 0 Å². The van der Waals surface area contributed by atoms with Crippen LogP contribution in [0.15, 0.2) is 35.2 Å². The Morgan fingerprint density at radius 3 is 3.00 bits per heavy atom. The SMILES string of the molecule is NCCn1cnc(C(=O)Nc2ccc(F)cc2Br)c1. The van der Waals surface area contributed by atoms with Crippen LogP contribution in [0.1, 0.15) is 10.5 Å². The fraction of sp³-hybridized carbons (Fsp3) is 0.167. The van der Waals surface area contributed by atoms with Crippen molar-refractivity contribution in [2.75, 3.05) is 11.9 Å². The second-order valence-electron chi connectivity index (χ2n) is 3.86. The first-order valence-electron chi connectivity index (χ1n) is 5.58. The molecule has 7 heteroatoms. The molecule has 2 aromatic rings. The highest BCUT2D eigenvalue weighted by atomic mass is 79.9. The maximum Gasteiger partial charge on any atom is 0.275 e. The molecule has 0 spiro atoms. The summed E-state index contributed by atoms with van der Waals surface area (Å²) in [4.78, 5) is 15.9. The van der Waals surface area contributed by atoms with E-state index in [-0.39, 0.29) is 17.4 Å². The number of nitrogens with one attached hydrogen (secondary N) is 1. The first-order chi connectivity index (χ1) is 9.10. The van der Waals surface area contributed by atoms with Crippen molar-refractivity contribution in [3.63, 3.8) is 0 Å². The van der Waals surface area contributed by atoms with Gasteiger partial charge in [0, 0.05) is 23.8 Å². The Morgan fingerprint density at radius 2 is 2.32 bits per heavy atom. The molecule has 100 valence electrons. The topological polar surface area (TPSA) is 72.9 Å². The summed E-state index contributed by atoms with van der Waals surface area (Å²) in [7, 11) is 0. The zero-order valence-corrected chi connectivity index (χ0v) is 11.5. The van der Waals surface area contributed by atoms with Crippen molar-refractivity contribution in [2.45, 2.75) is 6.54 Å². The lowest BCUT2D eigenvalue weighted by molar-refractivity contribution is 0.102. The molecule has 1 aromatic carbocycles. The second-order valence-corrected chi connectivity index (χ2v) is 4.72. The fourth-order valence-corrected chi connectivity index (χ4v) is 1.98. The molecule has 0 aliphatic carbocycles. The number of carbonyl (C=O) groups is 1. The molecule has 3 N–H and O–H groups in total. The zero-order chi connectivity index (χ0) is 13.8. The van der Waals surface area contributed by atoms with Crippen LogP contribution in [0, 0.1) is 5.82 Å². The molecule has 1 heterocycles. The van der Waals surface area contributed by atoms with Gasteiger partial charge in [-0.3, -0.25) is 4.79 Å². The summed E-state index contributed by atoms with van der Waals surface area (Å²) in [5.41, 5.74) is 6.18. The van der Waals surface area contributed by atoms with E-state index in [1.165, 1.54) is 18.2 Å². The summed E-state index contributed by atoms with van der Waals surface area (Å²) in [6.45, 7) is 1.07. The zero-order valence-electron chi connectivity index (χ0n) is 9.94. The summed E-state index contributed by atoms with van der Waals surface area (Å²) in [6.07, 6.45) is 3.15. The standard InChI is InChI=1S/C12H12BrFN4O/c13-9-5-8(14)1-2-10(9)17-12(19)11-6-18(4-3-15)7-16-11/h1-2,5-7H,3-4,15H2,(H,17,19). The second kappa shape index (κ2) is 5.94. The molecule has 0 atom stereocenters. The molecule has 0 fully saturated rings. The molecule has 1 amide bonds. The van der Waals surface area contributed by atoms with Gasteiger partial charge in [-0.25, -0.2) is 9.37 Å². The van der Waals surface area contributed by atoms with Gasteiger partial charge in [-0.15, -0.1) is 0 Å². The van der Waals surface area contributed by atoms with Crippen LogP contribution in [-0.2, 0) is 6.54 Å². The molecule has 19 heavy (non-hydrogen) atoms. The number of nitrogens with zero attached hydrogens (tertiary/aromatic N) is 2. The Hall–Kier alpha value is -1.73. The van der Waals surface area contributed by atoms with E-state index in [1.54, 1.807) is 17.1 Å².